The average Bonchev–Trinajstić information content (AvgIpc) is 2.80. The number of hydrogen-bond acceptors (Lipinski definition) is 4. The monoisotopic (exact) mass is 440 g/mol. The summed E-state index contributed by atoms with van der Waals surface area (Å²) in [6, 6.07) is 12.1. The zero-order valence-corrected chi connectivity index (χ0v) is 17.2. The van der Waals surface area contributed by atoms with E-state index in [0.29, 0.717) is 28.1 Å². The van der Waals surface area contributed by atoms with E-state index in [0.717, 1.165) is 43.8 Å². The number of nitrogens with one attached hydrogen (secondary N) is 4. The Hall–Kier alpha value is -3.39. The molecule has 1 amide bonds. The fourth-order valence-electron chi connectivity index (χ4n) is 4.02. The van der Waals surface area contributed by atoms with Crippen molar-refractivity contribution in [2.75, 3.05) is 13.1 Å². The topological polar surface area (TPSA) is 77.0 Å². The highest BCUT2D eigenvalue weighted by Crippen LogP contribution is 2.32. The van der Waals surface area contributed by atoms with E-state index in [1.807, 2.05) is 0 Å². The lowest BCUT2D eigenvalue weighted by atomic mass is 9.93. The highest BCUT2D eigenvalue weighted by Gasteiger charge is 2.30. The summed E-state index contributed by atoms with van der Waals surface area (Å²) >= 11 is 0. The molecule has 4 rings (SSSR count). The second kappa shape index (κ2) is 9.00. The number of carbonyl (C=O) groups is 1. The fourth-order valence-corrected chi connectivity index (χ4v) is 4.02. The van der Waals surface area contributed by atoms with Gasteiger partial charge in [0, 0.05) is 29.5 Å². The minimum absolute atomic E-state index is 0.239. The van der Waals surface area contributed by atoms with Crippen molar-refractivity contribution in [2.45, 2.75) is 19.0 Å². The lowest BCUT2D eigenvalue weighted by Crippen LogP contribution is -2.41. The molecule has 0 bridgehead atoms. The number of allylic oxidation sites excluding steroid dienone is 2. The zero-order valence-electron chi connectivity index (χ0n) is 17.2. The number of benzene rings is 2. The molecule has 0 atom stereocenters. The van der Waals surface area contributed by atoms with Gasteiger partial charge in [0.05, 0.1) is 5.56 Å². The molecule has 0 aromatic heterocycles. The molecule has 2 aliphatic heterocycles. The Morgan fingerprint density at radius 3 is 2.38 bits per heavy atom. The van der Waals surface area contributed by atoms with Gasteiger partial charge in [-0.2, -0.15) is 13.2 Å². The Kier molecular flexibility index (Phi) is 6.14. The maximum Gasteiger partial charge on any atom is 0.416 e. The molecule has 0 unspecified atom stereocenters. The summed E-state index contributed by atoms with van der Waals surface area (Å²) < 4.78 is 38.6. The van der Waals surface area contributed by atoms with Crippen molar-refractivity contribution in [3.05, 3.63) is 77.3 Å². The zero-order chi connectivity index (χ0) is 22.7. The van der Waals surface area contributed by atoms with Gasteiger partial charge in [-0.1, -0.05) is 30.3 Å². The average molecular weight is 440 g/mol. The molecule has 1 saturated heterocycles. The van der Waals surface area contributed by atoms with Crippen molar-refractivity contribution in [2.24, 2.45) is 5.92 Å². The molecule has 0 radical (unpaired) electrons. The molecule has 2 aromatic carbocycles. The summed E-state index contributed by atoms with van der Waals surface area (Å²) in [5.41, 5.74) is 2.64. The Bertz CT molecular complexity index is 1080. The molecule has 2 aliphatic rings. The van der Waals surface area contributed by atoms with E-state index >= 15 is 0 Å². The lowest BCUT2D eigenvalue weighted by molar-refractivity contribution is -0.137. The van der Waals surface area contributed by atoms with Gasteiger partial charge < -0.3 is 21.4 Å². The smallest absolute Gasteiger partial charge is 0.344 e. The van der Waals surface area contributed by atoms with E-state index in [9.17, 15) is 18.0 Å². The summed E-state index contributed by atoms with van der Waals surface area (Å²) in [6.07, 6.45) is 0.188. The number of alkyl halides is 3. The first-order chi connectivity index (χ1) is 15.3. The Morgan fingerprint density at radius 2 is 1.72 bits per heavy atom. The van der Waals surface area contributed by atoms with Crippen LogP contribution in [-0.2, 0) is 11.0 Å². The molecule has 2 heterocycles. The molecule has 0 aliphatic carbocycles. The third-order valence-electron chi connectivity index (χ3n) is 5.72. The molecule has 5 nitrogen and oxygen atoms in total. The standard InChI is InChI=1S/C24H23F3N4O/c25-24(26,27)19-6-4-15(5-7-19)17-2-1-3-18(12-17)20(14-28)23-30-21(13-22(32)31-23)16-8-10-29-11-9-16/h1-7,12-14,16,28-30H,8-11H2,(H,31,32)/b23-20-,28-14?. The van der Waals surface area contributed by atoms with Gasteiger partial charge in [0.1, 0.15) is 5.82 Å². The van der Waals surface area contributed by atoms with E-state index in [4.69, 9.17) is 5.41 Å². The second-order valence-corrected chi connectivity index (χ2v) is 7.83. The van der Waals surface area contributed by atoms with Gasteiger partial charge in [-0.25, -0.2) is 0 Å². The Labute approximate surface area is 183 Å². The number of piperidine rings is 1. The quantitative estimate of drug-likeness (QED) is 0.536. The summed E-state index contributed by atoms with van der Waals surface area (Å²) in [7, 11) is 0. The lowest BCUT2D eigenvalue weighted by Gasteiger charge is -2.30. The first-order valence-corrected chi connectivity index (χ1v) is 10.4. The van der Waals surface area contributed by atoms with Crippen LogP contribution in [0.15, 0.2) is 66.1 Å². The van der Waals surface area contributed by atoms with E-state index in [1.165, 1.54) is 18.3 Å². The van der Waals surface area contributed by atoms with Crippen molar-refractivity contribution < 1.29 is 18.0 Å². The number of amides is 1. The van der Waals surface area contributed by atoms with Crippen LogP contribution in [0, 0.1) is 11.3 Å². The number of halogens is 3. The van der Waals surface area contributed by atoms with Crippen LogP contribution in [-0.4, -0.2) is 25.2 Å². The maximum absolute atomic E-state index is 12.9. The van der Waals surface area contributed by atoms with Crippen LogP contribution in [0.4, 0.5) is 13.2 Å². The van der Waals surface area contributed by atoms with Crippen LogP contribution in [0.25, 0.3) is 16.7 Å². The van der Waals surface area contributed by atoms with E-state index in [-0.39, 0.29) is 11.8 Å². The predicted octanol–water partition coefficient (Wildman–Crippen LogP) is 4.29. The van der Waals surface area contributed by atoms with Crippen LogP contribution in [0.2, 0.25) is 0 Å². The number of rotatable bonds is 4. The fraction of sp³-hybridized carbons (Fsp3) is 0.250. The van der Waals surface area contributed by atoms with Gasteiger partial charge in [0.15, 0.2) is 0 Å². The van der Waals surface area contributed by atoms with Gasteiger partial charge >= 0.3 is 6.18 Å². The van der Waals surface area contributed by atoms with Gasteiger partial charge in [0.2, 0.25) is 0 Å². The first-order valence-electron chi connectivity index (χ1n) is 10.4. The van der Waals surface area contributed by atoms with Crippen LogP contribution >= 0.6 is 0 Å². The van der Waals surface area contributed by atoms with E-state index in [2.05, 4.69) is 16.0 Å². The van der Waals surface area contributed by atoms with E-state index < -0.39 is 11.7 Å². The molecular formula is C24H23F3N4O. The Balaban J connectivity index is 1.65. The minimum Gasteiger partial charge on any atom is -0.344 e. The van der Waals surface area contributed by atoms with Gasteiger partial charge in [-0.05, 0) is 60.8 Å². The SMILES string of the molecule is N=C/C(=C1/NC(=O)C=C(C2CCNCC2)N1)c1cccc(-c2ccc(C(F)(F)F)cc2)c1. The van der Waals surface area contributed by atoms with Crippen LogP contribution in [0.5, 0.6) is 0 Å². The normalized spacial score (nSPS) is 19.0. The first kappa shape index (κ1) is 21.8. The predicted molar refractivity (Wildman–Crippen MR) is 118 cm³/mol. The Morgan fingerprint density at radius 1 is 1.00 bits per heavy atom. The third kappa shape index (κ3) is 4.75. The molecule has 32 heavy (non-hydrogen) atoms. The highest BCUT2D eigenvalue weighted by atomic mass is 19.4. The minimum atomic E-state index is -4.39. The largest absolute Gasteiger partial charge is 0.416 e. The van der Waals surface area contributed by atoms with Gasteiger partial charge in [-0.15, -0.1) is 0 Å². The second-order valence-electron chi connectivity index (χ2n) is 7.83. The van der Waals surface area contributed by atoms with Crippen molar-refractivity contribution >= 4 is 17.7 Å². The van der Waals surface area contributed by atoms with Crippen molar-refractivity contribution in [1.82, 2.24) is 16.0 Å². The highest BCUT2D eigenvalue weighted by molar-refractivity contribution is 6.11. The molecule has 2 aromatic rings. The van der Waals surface area contributed by atoms with Crippen molar-refractivity contribution in [3.63, 3.8) is 0 Å². The van der Waals surface area contributed by atoms with Crippen LogP contribution < -0.4 is 16.0 Å². The van der Waals surface area contributed by atoms with Crippen LogP contribution in [0.3, 0.4) is 0 Å². The number of hydrogen-bond donors (Lipinski definition) is 4. The molecule has 166 valence electrons. The van der Waals surface area contributed by atoms with Crippen molar-refractivity contribution in [3.8, 4) is 11.1 Å². The number of carbonyl (C=O) groups excluding carboxylic acids is 1. The molecule has 8 heteroatoms. The maximum atomic E-state index is 12.9. The van der Waals surface area contributed by atoms with Crippen LogP contribution in [0.1, 0.15) is 24.0 Å². The molecular weight excluding hydrogens is 417 g/mol. The summed E-state index contributed by atoms with van der Waals surface area (Å²) in [5, 5.41) is 17.3. The van der Waals surface area contributed by atoms with Gasteiger partial charge in [-0.3, -0.25) is 4.79 Å². The summed E-state index contributed by atoms with van der Waals surface area (Å²) in [5.74, 6) is 0.430. The molecule has 4 N–H and O–H groups in total. The third-order valence-corrected chi connectivity index (χ3v) is 5.72. The molecule has 1 fully saturated rings. The summed E-state index contributed by atoms with van der Waals surface area (Å²) in [6.45, 7) is 1.77. The summed E-state index contributed by atoms with van der Waals surface area (Å²) in [4.78, 5) is 12.3. The molecule has 0 spiro atoms. The molecule has 0 saturated carbocycles. The van der Waals surface area contributed by atoms with Gasteiger partial charge in [0.25, 0.3) is 5.91 Å². The van der Waals surface area contributed by atoms with Crippen molar-refractivity contribution in [1.29, 1.82) is 5.41 Å². The van der Waals surface area contributed by atoms with E-state index in [1.54, 1.807) is 30.3 Å².